The first-order valence-electron chi connectivity index (χ1n) is 5.98. The van der Waals surface area contributed by atoms with Crippen LogP contribution in [0.4, 0.5) is 5.13 Å². The quantitative estimate of drug-likeness (QED) is 0.638. The molecule has 7 nitrogen and oxygen atoms in total. The van der Waals surface area contributed by atoms with Gasteiger partial charge in [0.25, 0.3) is 5.91 Å². The molecule has 114 valence electrons. The topological polar surface area (TPSA) is 113 Å². The predicted octanol–water partition coefficient (Wildman–Crippen LogP) is 1.21. The number of hydrogen-bond acceptors (Lipinski definition) is 5. The number of nitrogens with two attached hydrogens (primary N) is 1. The predicted molar refractivity (Wildman–Crippen MR) is 84.8 cm³/mol. The number of carbonyl (C=O) groups is 2. The van der Waals surface area contributed by atoms with Crippen LogP contribution in [0, 0.1) is 0 Å². The molecule has 0 saturated heterocycles. The minimum Gasteiger partial charge on any atom is -0.364 e. The summed E-state index contributed by atoms with van der Waals surface area (Å²) < 4.78 is 0. The number of carbonyl (C=O) groups excluding carboxylic acids is 2. The second kappa shape index (κ2) is 7.77. The summed E-state index contributed by atoms with van der Waals surface area (Å²) in [5.74, 6) is -0.612. The van der Waals surface area contributed by atoms with Crippen molar-refractivity contribution >= 4 is 40.7 Å². The molecule has 2 aromatic rings. The van der Waals surface area contributed by atoms with Crippen LogP contribution in [0.5, 0.6) is 0 Å². The molecule has 2 amide bonds. The van der Waals surface area contributed by atoms with Gasteiger partial charge in [0.1, 0.15) is 5.69 Å². The van der Waals surface area contributed by atoms with Crippen molar-refractivity contribution in [2.45, 2.75) is 6.42 Å². The Kier molecular flexibility index (Phi) is 6.35. The monoisotopic (exact) mass is 329 g/mol. The Morgan fingerprint density at radius 2 is 2.24 bits per heavy atom. The van der Waals surface area contributed by atoms with Crippen molar-refractivity contribution in [2.75, 3.05) is 18.9 Å². The largest absolute Gasteiger partial charge is 0.364 e. The van der Waals surface area contributed by atoms with Gasteiger partial charge in [0.15, 0.2) is 5.13 Å². The second-order valence-corrected chi connectivity index (χ2v) is 4.96. The molecule has 0 fully saturated rings. The van der Waals surface area contributed by atoms with E-state index >= 15 is 0 Å². The van der Waals surface area contributed by atoms with Crippen LogP contribution < -0.4 is 16.4 Å². The van der Waals surface area contributed by atoms with Crippen molar-refractivity contribution in [3.8, 4) is 11.3 Å². The molecular weight excluding hydrogens is 314 g/mol. The number of nitrogens with one attached hydrogen (secondary N) is 3. The molecule has 0 saturated carbocycles. The summed E-state index contributed by atoms with van der Waals surface area (Å²) in [4.78, 5) is 29.6. The first-order chi connectivity index (χ1) is 9.60. The molecule has 2 rings (SSSR count). The second-order valence-electron chi connectivity index (χ2n) is 4.11. The zero-order valence-corrected chi connectivity index (χ0v) is 12.9. The van der Waals surface area contributed by atoms with Gasteiger partial charge in [-0.1, -0.05) is 0 Å². The van der Waals surface area contributed by atoms with Crippen molar-refractivity contribution in [3.63, 3.8) is 0 Å². The van der Waals surface area contributed by atoms with Crippen molar-refractivity contribution in [1.29, 1.82) is 0 Å². The first-order valence-corrected chi connectivity index (χ1v) is 6.86. The number of aromatic nitrogens is 2. The summed E-state index contributed by atoms with van der Waals surface area (Å²) in [6.07, 6.45) is 2.04. The van der Waals surface area contributed by atoms with E-state index in [9.17, 15) is 9.59 Å². The highest BCUT2D eigenvalue weighted by Crippen LogP contribution is 2.25. The normalized spacial score (nSPS) is 9.95. The Morgan fingerprint density at radius 3 is 2.86 bits per heavy atom. The van der Waals surface area contributed by atoms with Gasteiger partial charge in [-0.25, -0.2) is 4.98 Å². The summed E-state index contributed by atoms with van der Waals surface area (Å²) in [5.41, 5.74) is 6.94. The fourth-order valence-corrected chi connectivity index (χ4v) is 2.30. The molecule has 0 aliphatic heterocycles. The molecule has 0 bridgehead atoms. The van der Waals surface area contributed by atoms with Crippen LogP contribution >= 0.6 is 23.7 Å². The van der Waals surface area contributed by atoms with Gasteiger partial charge in [-0.15, -0.1) is 23.7 Å². The van der Waals surface area contributed by atoms with E-state index < -0.39 is 5.91 Å². The number of rotatable bonds is 6. The standard InChI is InChI=1S/C12H15N5O2S.ClH/c1-14-3-2-10(18)17-12-16-9(6-20-12)7-4-8(11(13)19)15-5-7;/h4-6,14-15H,2-3H2,1H3,(H2,13,19)(H,16,17,18);1H. The minimum atomic E-state index is -0.521. The number of halogens is 1. The summed E-state index contributed by atoms with van der Waals surface area (Å²) in [6.45, 7) is 0.615. The molecule has 0 radical (unpaired) electrons. The van der Waals surface area contributed by atoms with Crippen molar-refractivity contribution in [1.82, 2.24) is 15.3 Å². The molecule has 5 N–H and O–H groups in total. The number of primary amides is 1. The van der Waals surface area contributed by atoms with Crippen LogP contribution in [0.15, 0.2) is 17.6 Å². The van der Waals surface area contributed by atoms with Crippen LogP contribution in [0.1, 0.15) is 16.9 Å². The average Bonchev–Trinajstić information content (AvgIpc) is 3.04. The van der Waals surface area contributed by atoms with E-state index in [1.54, 1.807) is 19.3 Å². The lowest BCUT2D eigenvalue weighted by atomic mass is 10.2. The van der Waals surface area contributed by atoms with Gasteiger partial charge in [-0.3, -0.25) is 9.59 Å². The molecule has 9 heteroatoms. The summed E-state index contributed by atoms with van der Waals surface area (Å²) in [5, 5.41) is 7.96. The van der Waals surface area contributed by atoms with Crippen LogP contribution in [0.25, 0.3) is 11.3 Å². The van der Waals surface area contributed by atoms with E-state index in [1.807, 2.05) is 5.38 Å². The number of nitrogens with zero attached hydrogens (tertiary/aromatic N) is 1. The number of aromatic amines is 1. The van der Waals surface area contributed by atoms with Crippen LogP contribution in [0.3, 0.4) is 0 Å². The molecular formula is C12H16ClN5O2S. The maximum atomic E-state index is 11.6. The summed E-state index contributed by atoms with van der Waals surface area (Å²) in [7, 11) is 1.79. The Hall–Kier alpha value is -1.90. The third-order valence-corrected chi connectivity index (χ3v) is 3.35. The number of H-pyrrole nitrogens is 1. The molecule has 2 heterocycles. The van der Waals surface area contributed by atoms with Crippen molar-refractivity contribution in [2.24, 2.45) is 5.73 Å². The van der Waals surface area contributed by atoms with Gasteiger partial charge in [-0.2, -0.15) is 0 Å². The lowest BCUT2D eigenvalue weighted by molar-refractivity contribution is -0.116. The maximum Gasteiger partial charge on any atom is 0.265 e. The highest BCUT2D eigenvalue weighted by molar-refractivity contribution is 7.14. The SMILES string of the molecule is CNCCC(=O)Nc1nc(-c2c[nH]c(C(N)=O)c2)cs1.Cl. The molecule has 0 aliphatic carbocycles. The highest BCUT2D eigenvalue weighted by Gasteiger charge is 2.10. The molecule has 21 heavy (non-hydrogen) atoms. The lowest BCUT2D eigenvalue weighted by Gasteiger charge is -2.00. The first kappa shape index (κ1) is 17.2. The molecule has 0 aliphatic rings. The number of anilines is 1. The van der Waals surface area contributed by atoms with Gasteiger partial charge in [-0.05, 0) is 13.1 Å². The minimum absolute atomic E-state index is 0. The van der Waals surface area contributed by atoms with Crippen LogP contribution in [-0.2, 0) is 4.79 Å². The van der Waals surface area contributed by atoms with E-state index in [2.05, 4.69) is 20.6 Å². The molecule has 0 aromatic carbocycles. The van der Waals surface area contributed by atoms with E-state index in [-0.39, 0.29) is 18.3 Å². The number of hydrogen-bond donors (Lipinski definition) is 4. The molecule has 0 spiro atoms. The smallest absolute Gasteiger partial charge is 0.265 e. The molecule has 0 atom stereocenters. The van der Waals surface area contributed by atoms with E-state index in [0.717, 1.165) is 5.56 Å². The van der Waals surface area contributed by atoms with E-state index in [0.29, 0.717) is 29.5 Å². The van der Waals surface area contributed by atoms with Crippen LogP contribution in [0.2, 0.25) is 0 Å². The van der Waals surface area contributed by atoms with Crippen molar-refractivity contribution < 1.29 is 9.59 Å². The van der Waals surface area contributed by atoms with Gasteiger partial charge in [0, 0.05) is 30.1 Å². The fraction of sp³-hybridized carbons (Fsp3) is 0.250. The molecule has 0 unspecified atom stereocenters. The zero-order chi connectivity index (χ0) is 14.5. The molecule has 2 aromatic heterocycles. The van der Waals surface area contributed by atoms with Crippen molar-refractivity contribution in [3.05, 3.63) is 23.3 Å². The lowest BCUT2D eigenvalue weighted by Crippen LogP contribution is -2.18. The Bertz CT molecular complexity index is 625. The Labute approximate surface area is 131 Å². The third-order valence-electron chi connectivity index (χ3n) is 2.60. The van der Waals surface area contributed by atoms with E-state index in [4.69, 9.17) is 5.73 Å². The summed E-state index contributed by atoms with van der Waals surface area (Å²) >= 11 is 1.33. The maximum absolute atomic E-state index is 11.6. The van der Waals surface area contributed by atoms with Crippen LogP contribution in [-0.4, -0.2) is 35.4 Å². The summed E-state index contributed by atoms with van der Waals surface area (Å²) in [6, 6.07) is 1.63. The highest BCUT2D eigenvalue weighted by atomic mass is 35.5. The average molecular weight is 330 g/mol. The fourth-order valence-electron chi connectivity index (χ4n) is 1.57. The Balaban J connectivity index is 0.00000220. The number of thiazole rings is 1. The number of amides is 2. The van der Waals surface area contributed by atoms with Gasteiger partial charge >= 0.3 is 0 Å². The van der Waals surface area contributed by atoms with Gasteiger partial charge in [0.2, 0.25) is 5.91 Å². The van der Waals surface area contributed by atoms with Gasteiger partial charge < -0.3 is 21.4 Å². The van der Waals surface area contributed by atoms with E-state index in [1.165, 1.54) is 11.3 Å². The Morgan fingerprint density at radius 1 is 1.48 bits per heavy atom. The van der Waals surface area contributed by atoms with Gasteiger partial charge in [0.05, 0.1) is 5.69 Å². The third kappa shape index (κ3) is 4.55. The zero-order valence-electron chi connectivity index (χ0n) is 11.3.